The molecule has 0 unspecified atom stereocenters. The van der Waals surface area contributed by atoms with Crippen molar-refractivity contribution in [1.29, 1.82) is 0 Å². The van der Waals surface area contributed by atoms with Crippen LogP contribution in [0.15, 0.2) is 48.3 Å². The van der Waals surface area contributed by atoms with Crippen LogP contribution in [0.2, 0.25) is 0 Å². The second-order valence-electron chi connectivity index (χ2n) is 3.50. The Morgan fingerprint density at radius 2 is 1.11 bits per heavy atom. The summed E-state index contributed by atoms with van der Waals surface area (Å²) in [6.45, 7) is 0. The lowest BCUT2D eigenvalue weighted by Gasteiger charge is -2.25. The fourth-order valence-corrected chi connectivity index (χ4v) is 2.05. The van der Waals surface area contributed by atoms with Gasteiger partial charge in [-0.05, 0) is 35.3 Å². The topological polar surface area (TPSA) is 40.5 Å². The number of halogens is 3. The van der Waals surface area contributed by atoms with E-state index in [0.29, 0.717) is 0 Å². The molecule has 0 aliphatic rings. The molecule has 0 saturated carbocycles. The Bertz CT molecular complexity index is 818. The highest BCUT2D eigenvalue weighted by molar-refractivity contribution is 6.68. The smallest absolute Gasteiger partial charge is 0.201 e. The van der Waals surface area contributed by atoms with Crippen molar-refractivity contribution >= 4 is 34.8 Å². The van der Waals surface area contributed by atoms with E-state index in [9.17, 15) is 10.2 Å². The summed E-state index contributed by atoms with van der Waals surface area (Å²) in [6.07, 6.45) is 0. The Morgan fingerprint density at radius 1 is 0.789 bits per heavy atom. The molecule has 0 aliphatic heterocycles. The van der Waals surface area contributed by atoms with Crippen LogP contribution in [0, 0.1) is 0 Å². The summed E-state index contributed by atoms with van der Waals surface area (Å²) in [5.41, 5.74) is -1.07. The summed E-state index contributed by atoms with van der Waals surface area (Å²) in [5, 5.41) is 19.4. The van der Waals surface area contributed by atoms with Gasteiger partial charge in [-0.1, -0.05) is 59.0 Å². The van der Waals surface area contributed by atoms with E-state index >= 15 is 0 Å². The molecule has 0 atom stereocenters. The van der Waals surface area contributed by atoms with E-state index in [1.807, 2.05) is 0 Å². The number of benzene rings is 2. The maximum absolute atomic E-state index is 9.70. The molecular formula is C14H11Cl3O2. The lowest BCUT2D eigenvalue weighted by molar-refractivity contribution is 0.475. The van der Waals surface area contributed by atoms with E-state index in [0.717, 1.165) is 0 Å². The van der Waals surface area contributed by atoms with E-state index in [1.54, 1.807) is 0 Å². The van der Waals surface area contributed by atoms with Gasteiger partial charge in [-0.2, -0.15) is 0 Å². The van der Waals surface area contributed by atoms with Gasteiger partial charge in [0.1, 0.15) is 11.5 Å². The van der Waals surface area contributed by atoms with Gasteiger partial charge in [0.15, 0.2) is 0 Å². The summed E-state index contributed by atoms with van der Waals surface area (Å²) in [6, 6.07) is -6.36. The molecule has 2 rings (SSSR count). The summed E-state index contributed by atoms with van der Waals surface area (Å²) < 4.78 is 60.6. The minimum Gasteiger partial charge on any atom is -0.508 e. The van der Waals surface area contributed by atoms with Crippen molar-refractivity contribution in [2.45, 2.75) is 9.71 Å². The third kappa shape index (κ3) is 3.47. The Balaban J connectivity index is 3.04. The molecule has 2 aromatic rings. The fourth-order valence-electron chi connectivity index (χ4n) is 1.39. The van der Waals surface area contributed by atoms with Gasteiger partial charge in [-0.15, -0.1) is 0 Å². The second kappa shape index (κ2) is 5.49. The molecule has 0 heterocycles. The molecule has 2 nitrogen and oxygen atoms in total. The van der Waals surface area contributed by atoms with Crippen LogP contribution in [0.4, 0.5) is 0 Å². The standard InChI is InChI=1S/C14H11Cl3O2/c15-14(16,17)13(9-1-5-11(18)6-2-9)10-3-7-12(19)8-4-10/h1-8,13,18-19H/i1D,2D,3D,4D,5D,6D,7D,8D. The average molecular weight is 326 g/mol. The van der Waals surface area contributed by atoms with Gasteiger partial charge in [0.05, 0.1) is 16.9 Å². The van der Waals surface area contributed by atoms with Gasteiger partial charge in [0.2, 0.25) is 3.79 Å². The summed E-state index contributed by atoms with van der Waals surface area (Å²) in [4.78, 5) is 0. The first-order valence-corrected chi connectivity index (χ1v) is 6.01. The number of aromatic hydroxyl groups is 2. The Kier molecular flexibility index (Phi) is 2.05. The summed E-state index contributed by atoms with van der Waals surface area (Å²) in [5.74, 6) is -3.62. The van der Waals surface area contributed by atoms with Crippen molar-refractivity contribution in [2.24, 2.45) is 0 Å². The summed E-state index contributed by atoms with van der Waals surface area (Å²) >= 11 is 17.9. The molecule has 0 bridgehead atoms. The Hall–Kier alpha value is -1.09. The molecule has 5 heteroatoms. The van der Waals surface area contributed by atoms with E-state index in [-0.39, 0.29) is 0 Å². The first-order chi connectivity index (χ1) is 12.2. The highest BCUT2D eigenvalue weighted by Gasteiger charge is 2.35. The first-order valence-electron chi connectivity index (χ1n) is 8.88. The average Bonchev–Trinajstić information content (AvgIpc) is 2.59. The molecule has 0 aliphatic carbocycles. The van der Waals surface area contributed by atoms with Gasteiger partial charge < -0.3 is 10.2 Å². The van der Waals surface area contributed by atoms with Gasteiger partial charge in [-0.3, -0.25) is 0 Å². The Labute approximate surface area is 137 Å². The van der Waals surface area contributed by atoms with Crippen LogP contribution in [0.5, 0.6) is 11.5 Å². The van der Waals surface area contributed by atoms with Crippen molar-refractivity contribution in [3.8, 4) is 11.5 Å². The van der Waals surface area contributed by atoms with Crippen molar-refractivity contribution in [3.63, 3.8) is 0 Å². The first kappa shape index (κ1) is 7.07. The van der Waals surface area contributed by atoms with Crippen LogP contribution in [-0.2, 0) is 0 Å². The third-order valence-corrected chi connectivity index (χ3v) is 2.82. The van der Waals surface area contributed by atoms with Crippen molar-refractivity contribution in [2.75, 3.05) is 0 Å². The normalized spacial score (nSPS) is 17.7. The molecule has 19 heavy (non-hydrogen) atoms. The highest BCUT2D eigenvalue weighted by atomic mass is 35.6. The molecule has 100 valence electrons. The SMILES string of the molecule is [2H]c1c([2H])c(C(c2c([2H])c([2H])c(O)c([2H])c2[2H])C(Cl)(Cl)Cl)c([2H])c([2H])c1O. The molecule has 0 aromatic heterocycles. The van der Waals surface area contributed by atoms with E-state index in [2.05, 4.69) is 0 Å². The molecule has 2 aromatic carbocycles. The van der Waals surface area contributed by atoms with E-state index < -0.39 is 80.7 Å². The number of alkyl halides is 3. The van der Waals surface area contributed by atoms with Gasteiger partial charge in [0, 0.05) is 0 Å². The minimum absolute atomic E-state index is 0.533. The van der Waals surface area contributed by atoms with Crippen LogP contribution in [-0.4, -0.2) is 14.0 Å². The number of phenolic OH excluding ortho intramolecular Hbond substituents is 2. The molecular weight excluding hydrogens is 307 g/mol. The molecule has 0 saturated heterocycles. The number of hydrogen-bond acceptors (Lipinski definition) is 2. The van der Waals surface area contributed by atoms with Crippen LogP contribution >= 0.6 is 34.8 Å². The summed E-state index contributed by atoms with van der Waals surface area (Å²) in [7, 11) is 0. The second-order valence-corrected chi connectivity index (χ2v) is 5.87. The van der Waals surface area contributed by atoms with Crippen molar-refractivity contribution in [3.05, 3.63) is 59.5 Å². The van der Waals surface area contributed by atoms with Gasteiger partial charge in [-0.25, -0.2) is 0 Å². The Morgan fingerprint density at radius 3 is 1.37 bits per heavy atom. The van der Waals surface area contributed by atoms with Gasteiger partial charge >= 0.3 is 0 Å². The minimum atomic E-state index is -2.41. The van der Waals surface area contributed by atoms with Crippen LogP contribution in [0.25, 0.3) is 0 Å². The van der Waals surface area contributed by atoms with Crippen LogP contribution in [0.3, 0.4) is 0 Å². The fraction of sp³-hybridized carbons (Fsp3) is 0.143. The monoisotopic (exact) mass is 324 g/mol. The number of rotatable bonds is 2. The maximum atomic E-state index is 9.70. The van der Waals surface area contributed by atoms with Crippen LogP contribution < -0.4 is 0 Å². The van der Waals surface area contributed by atoms with Gasteiger partial charge in [0.25, 0.3) is 0 Å². The van der Waals surface area contributed by atoms with Crippen molar-refractivity contribution in [1.82, 2.24) is 0 Å². The molecule has 2 N–H and O–H groups in total. The van der Waals surface area contributed by atoms with E-state index in [4.69, 9.17) is 45.8 Å². The quantitative estimate of drug-likeness (QED) is 0.792. The van der Waals surface area contributed by atoms with E-state index in [1.165, 1.54) is 0 Å². The third-order valence-electron chi connectivity index (χ3n) is 2.17. The zero-order valence-electron chi connectivity index (χ0n) is 17.1. The van der Waals surface area contributed by atoms with Crippen LogP contribution in [0.1, 0.15) is 28.0 Å². The largest absolute Gasteiger partial charge is 0.508 e. The maximum Gasteiger partial charge on any atom is 0.201 e. The predicted molar refractivity (Wildman–Crippen MR) is 78.3 cm³/mol. The molecule has 0 radical (unpaired) electrons. The predicted octanol–water partition coefficient (Wildman–Crippen LogP) is 4.60. The lowest BCUT2D eigenvalue weighted by Crippen LogP contribution is -2.18. The number of hydrogen-bond donors (Lipinski definition) is 2. The molecule has 0 amide bonds. The lowest BCUT2D eigenvalue weighted by atomic mass is 9.92. The molecule has 0 fully saturated rings. The zero-order chi connectivity index (χ0) is 21.0. The highest BCUT2D eigenvalue weighted by Crippen LogP contribution is 2.46. The molecule has 0 spiro atoms. The number of phenols is 2. The zero-order valence-corrected chi connectivity index (χ0v) is 11.4. The van der Waals surface area contributed by atoms with Crippen molar-refractivity contribution < 1.29 is 21.2 Å².